The zero-order valence-electron chi connectivity index (χ0n) is 12.3. The van der Waals surface area contributed by atoms with Gasteiger partial charge in [-0.1, -0.05) is 0 Å². The predicted octanol–water partition coefficient (Wildman–Crippen LogP) is 2.45. The van der Waals surface area contributed by atoms with Crippen LogP contribution >= 0.6 is 24.7 Å². The van der Waals surface area contributed by atoms with Gasteiger partial charge in [0.1, 0.15) is 5.82 Å². The second kappa shape index (κ2) is 6.36. The fraction of sp³-hybridized carbons (Fsp3) is 0.417. The highest BCUT2D eigenvalue weighted by Gasteiger charge is 2.23. The Bertz CT molecular complexity index is 807. The van der Waals surface area contributed by atoms with Crippen LogP contribution in [-0.2, 0) is 9.52 Å². The molecule has 3 rings (SSSR count). The third-order valence-electron chi connectivity index (χ3n) is 3.72. The Hall–Kier alpha value is -1.20. The van der Waals surface area contributed by atoms with E-state index in [0.717, 1.165) is 9.27 Å². The van der Waals surface area contributed by atoms with Crippen LogP contribution in [0.5, 0.6) is 0 Å². The molecule has 2 aromatic rings. The summed E-state index contributed by atoms with van der Waals surface area (Å²) >= 11 is -0.479. The van der Waals surface area contributed by atoms with Gasteiger partial charge in [-0.05, 0) is 22.3 Å². The lowest BCUT2D eigenvalue weighted by Crippen LogP contribution is -2.40. The summed E-state index contributed by atoms with van der Waals surface area (Å²) in [6, 6.07) is 1.58. The van der Waals surface area contributed by atoms with E-state index < -0.39 is 9.52 Å². The van der Waals surface area contributed by atoms with Crippen molar-refractivity contribution >= 4 is 57.3 Å². The fourth-order valence-corrected chi connectivity index (χ4v) is 4.21. The van der Waals surface area contributed by atoms with Gasteiger partial charge in [-0.25, -0.2) is 4.98 Å². The largest absolute Gasteiger partial charge is 0.355 e. The maximum Gasteiger partial charge on any atom is 0.179 e. The van der Waals surface area contributed by atoms with Gasteiger partial charge in [0.2, 0.25) is 0 Å². The first-order valence-electron chi connectivity index (χ1n) is 6.75. The SMILES string of the molecule is C=S1(=O)CCN(c2cc(N(SF)SF)n3ncc(C)c3n2)CC1. The summed E-state index contributed by atoms with van der Waals surface area (Å²) in [4.78, 5) is 6.49. The second-order valence-corrected chi connectivity index (χ2v) is 9.28. The molecule has 0 amide bonds. The lowest BCUT2D eigenvalue weighted by atomic mass is 10.3. The first-order chi connectivity index (χ1) is 10.9. The minimum atomic E-state index is -2.02. The van der Waals surface area contributed by atoms with Crippen molar-refractivity contribution in [2.75, 3.05) is 33.2 Å². The minimum absolute atomic E-state index is 0.235. The number of anilines is 2. The molecule has 11 heteroatoms. The number of hydrogen-bond donors (Lipinski definition) is 0. The highest BCUT2D eigenvalue weighted by atomic mass is 32.3. The van der Waals surface area contributed by atoms with Crippen molar-refractivity contribution in [3.05, 3.63) is 17.8 Å². The highest BCUT2D eigenvalue weighted by molar-refractivity contribution is 8.13. The Morgan fingerprint density at radius 1 is 1.35 bits per heavy atom. The topological polar surface area (TPSA) is 53.7 Å². The molecule has 23 heavy (non-hydrogen) atoms. The number of aromatic nitrogens is 3. The van der Waals surface area contributed by atoms with E-state index in [-0.39, 0.29) is 30.5 Å². The average molecular weight is 379 g/mol. The third kappa shape index (κ3) is 3.22. The normalized spacial score (nSPS) is 17.6. The summed E-state index contributed by atoms with van der Waals surface area (Å²) < 4.78 is 40.2. The van der Waals surface area contributed by atoms with Crippen LogP contribution in [0.1, 0.15) is 5.56 Å². The summed E-state index contributed by atoms with van der Waals surface area (Å²) in [6.45, 7) is 2.92. The molecule has 1 aliphatic rings. The van der Waals surface area contributed by atoms with Crippen molar-refractivity contribution in [2.24, 2.45) is 0 Å². The van der Waals surface area contributed by atoms with Crippen molar-refractivity contribution in [1.29, 1.82) is 0 Å². The molecule has 0 aliphatic carbocycles. The molecule has 0 unspecified atom stereocenters. The summed E-state index contributed by atoms with van der Waals surface area (Å²) in [7, 11) is -2.02. The molecule has 1 saturated heterocycles. The molecule has 1 fully saturated rings. The molecule has 1 aliphatic heterocycles. The van der Waals surface area contributed by atoms with Crippen LogP contribution in [0.25, 0.3) is 5.65 Å². The molecule has 0 saturated carbocycles. The van der Waals surface area contributed by atoms with Gasteiger partial charge in [0.05, 0.1) is 6.20 Å². The molecule has 0 N–H and O–H groups in total. The van der Waals surface area contributed by atoms with E-state index in [0.29, 0.717) is 36.1 Å². The minimum Gasteiger partial charge on any atom is -0.355 e. The molecular weight excluding hydrogens is 364 g/mol. The van der Waals surface area contributed by atoms with Gasteiger partial charge in [0.15, 0.2) is 36.1 Å². The van der Waals surface area contributed by atoms with Gasteiger partial charge in [-0.3, -0.25) is 4.21 Å². The Labute approximate surface area is 142 Å². The van der Waals surface area contributed by atoms with Crippen LogP contribution in [0, 0.1) is 6.92 Å². The van der Waals surface area contributed by atoms with E-state index in [1.54, 1.807) is 12.3 Å². The Morgan fingerprint density at radius 3 is 2.61 bits per heavy atom. The van der Waals surface area contributed by atoms with Crippen molar-refractivity contribution in [2.45, 2.75) is 6.92 Å². The number of aryl methyl sites for hydroxylation is 1. The molecule has 3 heterocycles. The highest BCUT2D eigenvalue weighted by Crippen LogP contribution is 2.34. The van der Waals surface area contributed by atoms with Gasteiger partial charge in [-0.2, -0.15) is 13.3 Å². The molecule has 0 aromatic carbocycles. The maximum absolute atomic E-state index is 13.0. The van der Waals surface area contributed by atoms with E-state index in [4.69, 9.17) is 0 Å². The molecule has 2 aromatic heterocycles. The molecule has 0 bridgehead atoms. The molecule has 6 nitrogen and oxygen atoms in total. The predicted molar refractivity (Wildman–Crippen MR) is 94.8 cm³/mol. The fourth-order valence-electron chi connectivity index (χ4n) is 2.41. The lowest BCUT2D eigenvalue weighted by Gasteiger charge is -2.30. The van der Waals surface area contributed by atoms with Gasteiger partial charge in [-0.15, -0.1) is 7.77 Å². The Morgan fingerprint density at radius 2 is 2.00 bits per heavy atom. The third-order valence-corrected chi connectivity index (χ3v) is 6.53. The summed E-state index contributed by atoms with van der Waals surface area (Å²) in [6.07, 6.45) is 1.60. The molecule has 0 radical (unpaired) electrons. The van der Waals surface area contributed by atoms with Crippen LogP contribution < -0.4 is 8.61 Å². The monoisotopic (exact) mass is 379 g/mol. The van der Waals surface area contributed by atoms with Crippen molar-refractivity contribution in [1.82, 2.24) is 14.6 Å². The lowest BCUT2D eigenvalue weighted by molar-refractivity contribution is 0.670. The van der Waals surface area contributed by atoms with Crippen molar-refractivity contribution < 1.29 is 12.0 Å². The van der Waals surface area contributed by atoms with E-state index in [1.807, 2.05) is 11.8 Å². The van der Waals surface area contributed by atoms with E-state index in [1.165, 1.54) is 4.52 Å². The van der Waals surface area contributed by atoms with Crippen LogP contribution in [0.4, 0.5) is 19.4 Å². The first-order valence-corrected chi connectivity index (χ1v) is 10.2. The average Bonchev–Trinajstić information content (AvgIpc) is 2.90. The van der Waals surface area contributed by atoms with Gasteiger partial charge < -0.3 is 4.90 Å². The van der Waals surface area contributed by atoms with Gasteiger partial charge >= 0.3 is 0 Å². The smallest absolute Gasteiger partial charge is 0.179 e. The molecule has 0 atom stereocenters. The zero-order valence-corrected chi connectivity index (χ0v) is 14.8. The Balaban J connectivity index is 2.06. The summed E-state index contributed by atoms with van der Waals surface area (Å²) in [5.41, 5.74) is 1.34. The van der Waals surface area contributed by atoms with Crippen LogP contribution in [-0.4, -0.2) is 49.3 Å². The number of rotatable bonds is 4. The Kier molecular flexibility index (Phi) is 4.61. The van der Waals surface area contributed by atoms with Crippen molar-refractivity contribution in [3.63, 3.8) is 0 Å². The number of fused-ring (bicyclic) bond motifs is 1. The maximum atomic E-state index is 13.0. The van der Waals surface area contributed by atoms with Gasteiger partial charge in [0.25, 0.3) is 0 Å². The standard InChI is InChI=1S/C12H15F2N5OS3/c1-9-8-15-18-11(19(21-13)22-14)7-10(16-12(9)18)17-3-5-23(2,20)6-4-17/h7-8H,2-6H2,1H3. The van der Waals surface area contributed by atoms with Crippen LogP contribution in [0.3, 0.4) is 0 Å². The summed E-state index contributed by atoms with van der Waals surface area (Å²) in [5.74, 6) is 5.51. The molecule has 0 spiro atoms. The van der Waals surface area contributed by atoms with Crippen LogP contribution in [0.2, 0.25) is 0 Å². The van der Waals surface area contributed by atoms with Crippen LogP contribution in [0.15, 0.2) is 12.3 Å². The first kappa shape index (κ1) is 16.7. The molecule has 126 valence electrons. The summed E-state index contributed by atoms with van der Waals surface area (Å²) in [5, 5.41) is 4.12. The zero-order chi connectivity index (χ0) is 16.6. The second-order valence-electron chi connectivity index (χ2n) is 5.29. The van der Waals surface area contributed by atoms with E-state index in [2.05, 4.69) is 16.0 Å². The molecular formula is C12H15F2N5OS3. The van der Waals surface area contributed by atoms with Crippen molar-refractivity contribution in [3.8, 4) is 0 Å². The van der Waals surface area contributed by atoms with E-state index in [9.17, 15) is 12.0 Å². The number of hydrogen-bond acceptors (Lipinski definition) is 7. The van der Waals surface area contributed by atoms with Gasteiger partial charge in [0, 0.05) is 36.2 Å². The quantitative estimate of drug-likeness (QED) is 0.597. The number of nitrogens with zero attached hydrogens (tertiary/aromatic N) is 5. The van der Waals surface area contributed by atoms with E-state index >= 15 is 0 Å². The number of halogens is 2.